The predicted molar refractivity (Wildman–Crippen MR) is 41.8 cm³/mol. The Morgan fingerprint density at radius 1 is 1.70 bits per heavy atom. The summed E-state index contributed by atoms with van der Waals surface area (Å²) in [6, 6.07) is 0. The van der Waals surface area contributed by atoms with Crippen molar-refractivity contribution in [3.05, 3.63) is 23.1 Å². The number of carbonyl (C=O) groups excluding carboxylic acids is 1. The van der Waals surface area contributed by atoms with Gasteiger partial charge in [0.1, 0.15) is 6.10 Å². The third kappa shape index (κ3) is 1.49. The number of aliphatic hydroxyl groups is 1. The van der Waals surface area contributed by atoms with Crippen LogP contribution in [0.2, 0.25) is 0 Å². The van der Waals surface area contributed by atoms with Crippen molar-refractivity contribution >= 4 is 17.5 Å². The van der Waals surface area contributed by atoms with Crippen LogP contribution in [-0.4, -0.2) is 23.2 Å². The maximum absolute atomic E-state index is 10.8. The molecule has 10 heavy (non-hydrogen) atoms. The molecule has 0 saturated heterocycles. The number of ketones is 1. The minimum Gasteiger partial charge on any atom is -0.381 e. The van der Waals surface area contributed by atoms with Crippen LogP contribution in [0.25, 0.3) is 0 Å². The van der Waals surface area contributed by atoms with Crippen molar-refractivity contribution in [1.82, 2.24) is 0 Å². The van der Waals surface area contributed by atoms with Crippen LogP contribution in [0.4, 0.5) is 0 Å². The zero-order chi connectivity index (χ0) is 7.56. The van der Waals surface area contributed by atoms with Crippen LogP contribution in [0.1, 0.15) is 0 Å². The molecule has 0 aromatic rings. The average Bonchev–Trinajstić information content (AvgIpc) is 1.95. The van der Waals surface area contributed by atoms with E-state index in [4.69, 9.17) is 5.11 Å². The Bertz CT molecular complexity index is 206. The van der Waals surface area contributed by atoms with E-state index in [9.17, 15) is 4.79 Å². The molecule has 0 aromatic carbocycles. The molecule has 0 heterocycles. The van der Waals surface area contributed by atoms with Crippen molar-refractivity contribution in [3.8, 4) is 0 Å². The van der Waals surface area contributed by atoms with E-state index in [1.165, 1.54) is 23.9 Å². The van der Waals surface area contributed by atoms with Gasteiger partial charge in [-0.05, 0) is 24.5 Å². The van der Waals surface area contributed by atoms with Crippen LogP contribution in [0.5, 0.6) is 0 Å². The second-order valence-electron chi connectivity index (χ2n) is 1.96. The highest BCUT2D eigenvalue weighted by molar-refractivity contribution is 8.02. The first-order valence-corrected chi connectivity index (χ1v) is 4.12. The molecule has 1 aliphatic carbocycles. The number of thioether (sulfide) groups is 1. The summed E-state index contributed by atoms with van der Waals surface area (Å²) >= 11 is 1.49. The summed E-state index contributed by atoms with van der Waals surface area (Å²) < 4.78 is 0. The van der Waals surface area contributed by atoms with Gasteiger partial charge in [0, 0.05) is 4.91 Å². The highest BCUT2D eigenvalue weighted by atomic mass is 32.2. The van der Waals surface area contributed by atoms with E-state index in [0.29, 0.717) is 0 Å². The molecule has 54 valence electrons. The van der Waals surface area contributed by atoms with Gasteiger partial charge in [-0.25, -0.2) is 0 Å². The fraction of sp³-hybridized carbons (Fsp3) is 0.286. The van der Waals surface area contributed by atoms with Crippen LogP contribution >= 0.6 is 11.8 Å². The SMILES string of the molecule is CSC1=CC(=O)C(O)C=C1. The zero-order valence-electron chi connectivity index (χ0n) is 5.57. The Morgan fingerprint density at radius 3 is 2.90 bits per heavy atom. The molecule has 0 bridgehead atoms. The number of aliphatic hydroxyl groups excluding tert-OH is 1. The third-order valence-corrected chi connectivity index (χ3v) is 1.98. The van der Waals surface area contributed by atoms with E-state index in [1.807, 2.05) is 6.26 Å². The first kappa shape index (κ1) is 7.57. The van der Waals surface area contributed by atoms with Crippen molar-refractivity contribution in [3.63, 3.8) is 0 Å². The minimum atomic E-state index is -0.920. The summed E-state index contributed by atoms with van der Waals surface area (Å²) in [7, 11) is 0. The molecule has 1 N–H and O–H groups in total. The van der Waals surface area contributed by atoms with Gasteiger partial charge < -0.3 is 5.11 Å². The monoisotopic (exact) mass is 156 g/mol. The van der Waals surface area contributed by atoms with E-state index in [1.54, 1.807) is 6.08 Å². The van der Waals surface area contributed by atoms with Gasteiger partial charge in [0.2, 0.25) is 0 Å². The fourth-order valence-electron chi connectivity index (χ4n) is 0.681. The normalized spacial score (nSPS) is 24.8. The zero-order valence-corrected chi connectivity index (χ0v) is 6.39. The van der Waals surface area contributed by atoms with Crippen molar-refractivity contribution in [2.24, 2.45) is 0 Å². The van der Waals surface area contributed by atoms with Crippen molar-refractivity contribution in [2.45, 2.75) is 6.10 Å². The number of allylic oxidation sites excluding steroid dienone is 1. The summed E-state index contributed by atoms with van der Waals surface area (Å²) in [4.78, 5) is 11.7. The largest absolute Gasteiger partial charge is 0.381 e. The molecular formula is C7H8O2S. The second kappa shape index (κ2) is 3.03. The molecule has 0 amide bonds. The van der Waals surface area contributed by atoms with E-state index in [2.05, 4.69) is 0 Å². The highest BCUT2D eigenvalue weighted by Crippen LogP contribution is 2.17. The number of hydrogen-bond donors (Lipinski definition) is 1. The molecule has 0 spiro atoms. The smallest absolute Gasteiger partial charge is 0.189 e. The van der Waals surface area contributed by atoms with Gasteiger partial charge >= 0.3 is 0 Å². The molecule has 0 fully saturated rings. The summed E-state index contributed by atoms with van der Waals surface area (Å²) in [6.45, 7) is 0. The molecule has 1 atom stereocenters. The fourth-order valence-corrected chi connectivity index (χ4v) is 1.13. The second-order valence-corrected chi connectivity index (χ2v) is 2.84. The number of hydrogen-bond acceptors (Lipinski definition) is 3. The average molecular weight is 156 g/mol. The highest BCUT2D eigenvalue weighted by Gasteiger charge is 2.12. The van der Waals surface area contributed by atoms with Gasteiger partial charge in [0.15, 0.2) is 5.78 Å². The lowest BCUT2D eigenvalue weighted by molar-refractivity contribution is -0.120. The Morgan fingerprint density at radius 2 is 2.40 bits per heavy atom. The van der Waals surface area contributed by atoms with E-state index < -0.39 is 6.10 Å². The summed E-state index contributed by atoms with van der Waals surface area (Å²) in [5.74, 6) is -0.230. The number of rotatable bonds is 1. The van der Waals surface area contributed by atoms with E-state index in [0.717, 1.165) is 4.91 Å². The van der Waals surface area contributed by atoms with Crippen LogP contribution in [0.15, 0.2) is 23.1 Å². The van der Waals surface area contributed by atoms with Crippen LogP contribution in [-0.2, 0) is 4.79 Å². The quantitative estimate of drug-likeness (QED) is 0.608. The Labute approximate surface area is 63.6 Å². The Balaban J connectivity index is 2.76. The molecule has 2 nitrogen and oxygen atoms in total. The van der Waals surface area contributed by atoms with Gasteiger partial charge in [0.05, 0.1) is 0 Å². The van der Waals surface area contributed by atoms with Gasteiger partial charge in [-0.1, -0.05) is 0 Å². The van der Waals surface area contributed by atoms with Crippen LogP contribution in [0.3, 0.4) is 0 Å². The first-order valence-electron chi connectivity index (χ1n) is 2.90. The lowest BCUT2D eigenvalue weighted by Gasteiger charge is -2.06. The van der Waals surface area contributed by atoms with Crippen LogP contribution < -0.4 is 0 Å². The van der Waals surface area contributed by atoms with Gasteiger partial charge in [-0.2, -0.15) is 0 Å². The summed E-state index contributed by atoms with van der Waals surface area (Å²) in [5.41, 5.74) is 0. The van der Waals surface area contributed by atoms with E-state index >= 15 is 0 Å². The molecular weight excluding hydrogens is 148 g/mol. The van der Waals surface area contributed by atoms with Gasteiger partial charge in [0.25, 0.3) is 0 Å². The molecule has 3 heteroatoms. The van der Waals surface area contributed by atoms with Crippen molar-refractivity contribution < 1.29 is 9.90 Å². The molecule has 0 aliphatic heterocycles. The summed E-state index contributed by atoms with van der Waals surface area (Å²) in [5, 5.41) is 8.90. The third-order valence-electron chi connectivity index (χ3n) is 1.25. The van der Waals surface area contributed by atoms with E-state index in [-0.39, 0.29) is 5.78 Å². The van der Waals surface area contributed by atoms with Gasteiger partial charge in [-0.3, -0.25) is 4.79 Å². The van der Waals surface area contributed by atoms with Gasteiger partial charge in [-0.15, -0.1) is 11.8 Å². The number of carbonyl (C=O) groups is 1. The molecule has 1 unspecified atom stereocenters. The molecule has 1 rings (SSSR count). The van der Waals surface area contributed by atoms with Crippen LogP contribution in [0, 0.1) is 0 Å². The van der Waals surface area contributed by atoms with Crippen molar-refractivity contribution in [2.75, 3.05) is 6.26 Å². The maximum atomic E-state index is 10.8. The maximum Gasteiger partial charge on any atom is 0.189 e. The molecule has 0 saturated carbocycles. The Kier molecular flexibility index (Phi) is 2.29. The van der Waals surface area contributed by atoms with Crippen molar-refractivity contribution in [1.29, 1.82) is 0 Å². The summed E-state index contributed by atoms with van der Waals surface area (Å²) in [6.07, 6.45) is 5.66. The standard InChI is InChI=1S/C7H8O2S/c1-10-5-2-3-6(8)7(9)4-5/h2-4,6,8H,1H3. The lowest BCUT2D eigenvalue weighted by atomic mass is 10.1. The Hall–Kier alpha value is -0.540. The lowest BCUT2D eigenvalue weighted by Crippen LogP contribution is -2.17. The predicted octanol–water partition coefficient (Wildman–Crippen LogP) is 0.733. The molecule has 0 aromatic heterocycles. The molecule has 1 aliphatic rings. The topological polar surface area (TPSA) is 37.3 Å². The molecule has 0 radical (unpaired) electrons. The first-order chi connectivity index (χ1) is 4.74. The minimum absolute atomic E-state index is 0.230.